The number of carbonyl (C=O) groups is 1. The average molecular weight is 235 g/mol. The first-order chi connectivity index (χ1) is 8.15. The van der Waals surface area contributed by atoms with E-state index in [0.29, 0.717) is 17.4 Å². The minimum absolute atomic E-state index is 0.0877. The summed E-state index contributed by atoms with van der Waals surface area (Å²) >= 11 is 0. The molecule has 0 heterocycles. The zero-order valence-electron chi connectivity index (χ0n) is 10.3. The van der Waals surface area contributed by atoms with Gasteiger partial charge in [-0.1, -0.05) is 6.92 Å². The summed E-state index contributed by atoms with van der Waals surface area (Å²) in [4.78, 5) is 11.8. The lowest BCUT2D eigenvalue weighted by Crippen LogP contribution is -2.14. The maximum Gasteiger partial charge on any atom is 0.227 e. The van der Waals surface area contributed by atoms with E-state index in [4.69, 9.17) is 9.47 Å². The molecule has 0 aromatic heterocycles. The molecule has 1 fully saturated rings. The molecule has 4 heteroatoms. The molecule has 1 aromatic rings. The molecule has 2 atom stereocenters. The second-order valence-corrected chi connectivity index (χ2v) is 4.38. The molecule has 0 saturated heterocycles. The van der Waals surface area contributed by atoms with E-state index >= 15 is 0 Å². The minimum Gasteiger partial charge on any atom is -0.493 e. The predicted molar refractivity (Wildman–Crippen MR) is 65.4 cm³/mol. The smallest absolute Gasteiger partial charge is 0.227 e. The molecule has 2 rings (SSSR count). The molecular weight excluding hydrogens is 218 g/mol. The number of anilines is 1. The highest BCUT2D eigenvalue weighted by Gasteiger charge is 2.39. The monoisotopic (exact) mass is 235 g/mol. The zero-order chi connectivity index (χ0) is 12.4. The van der Waals surface area contributed by atoms with Crippen LogP contribution in [0.3, 0.4) is 0 Å². The number of nitrogens with one attached hydrogen (secondary N) is 1. The number of rotatable bonds is 4. The van der Waals surface area contributed by atoms with E-state index in [9.17, 15) is 4.79 Å². The summed E-state index contributed by atoms with van der Waals surface area (Å²) in [5.74, 6) is 2.04. The van der Waals surface area contributed by atoms with E-state index < -0.39 is 0 Å². The van der Waals surface area contributed by atoms with Gasteiger partial charge in [0, 0.05) is 17.7 Å². The summed E-state index contributed by atoms with van der Waals surface area (Å²) in [6, 6.07) is 5.36. The van der Waals surface area contributed by atoms with Crippen LogP contribution in [0.15, 0.2) is 18.2 Å². The van der Waals surface area contributed by atoms with Crippen LogP contribution in [0.2, 0.25) is 0 Å². The van der Waals surface area contributed by atoms with Gasteiger partial charge in [-0.3, -0.25) is 4.79 Å². The summed E-state index contributed by atoms with van der Waals surface area (Å²) in [6.07, 6.45) is 0.985. The van der Waals surface area contributed by atoms with Crippen LogP contribution < -0.4 is 14.8 Å². The van der Waals surface area contributed by atoms with Crippen LogP contribution in [0, 0.1) is 11.8 Å². The van der Waals surface area contributed by atoms with E-state index in [0.717, 1.165) is 12.1 Å². The van der Waals surface area contributed by atoms with Crippen molar-refractivity contribution in [1.29, 1.82) is 0 Å². The van der Waals surface area contributed by atoms with Gasteiger partial charge in [0.15, 0.2) is 11.5 Å². The third-order valence-corrected chi connectivity index (χ3v) is 3.10. The Balaban J connectivity index is 2.08. The summed E-state index contributed by atoms with van der Waals surface area (Å²) in [7, 11) is 3.16. The summed E-state index contributed by atoms with van der Waals surface area (Å²) in [5.41, 5.74) is 0.742. The van der Waals surface area contributed by atoms with Crippen molar-refractivity contribution in [1.82, 2.24) is 0 Å². The lowest BCUT2D eigenvalue weighted by molar-refractivity contribution is -0.117. The fourth-order valence-electron chi connectivity index (χ4n) is 1.84. The van der Waals surface area contributed by atoms with Crippen molar-refractivity contribution in [3.05, 3.63) is 18.2 Å². The second-order valence-electron chi connectivity index (χ2n) is 4.38. The van der Waals surface area contributed by atoms with Crippen LogP contribution in [0.5, 0.6) is 11.5 Å². The molecule has 1 aliphatic rings. The van der Waals surface area contributed by atoms with E-state index in [1.165, 1.54) is 0 Å². The van der Waals surface area contributed by atoms with Crippen molar-refractivity contribution >= 4 is 11.6 Å². The Hall–Kier alpha value is -1.71. The molecule has 1 amide bonds. The van der Waals surface area contributed by atoms with Gasteiger partial charge in [-0.05, 0) is 24.5 Å². The molecule has 0 unspecified atom stereocenters. The third-order valence-electron chi connectivity index (χ3n) is 3.10. The van der Waals surface area contributed by atoms with Crippen LogP contribution >= 0.6 is 0 Å². The largest absolute Gasteiger partial charge is 0.493 e. The number of hydrogen-bond acceptors (Lipinski definition) is 3. The fraction of sp³-hybridized carbons (Fsp3) is 0.462. The number of hydrogen-bond donors (Lipinski definition) is 1. The minimum atomic E-state index is 0.0877. The van der Waals surface area contributed by atoms with Crippen molar-refractivity contribution in [2.24, 2.45) is 11.8 Å². The fourth-order valence-corrected chi connectivity index (χ4v) is 1.84. The van der Waals surface area contributed by atoms with Crippen LogP contribution in [-0.2, 0) is 4.79 Å². The van der Waals surface area contributed by atoms with E-state index in [1.54, 1.807) is 26.4 Å². The summed E-state index contributed by atoms with van der Waals surface area (Å²) in [5, 5.41) is 2.89. The van der Waals surface area contributed by atoms with Gasteiger partial charge in [0.1, 0.15) is 0 Å². The normalized spacial score (nSPS) is 21.8. The number of methoxy groups -OCH3 is 2. The van der Waals surface area contributed by atoms with Gasteiger partial charge in [0.2, 0.25) is 5.91 Å². The van der Waals surface area contributed by atoms with Crippen molar-refractivity contribution in [2.45, 2.75) is 13.3 Å². The number of benzene rings is 1. The van der Waals surface area contributed by atoms with Gasteiger partial charge in [0.05, 0.1) is 14.2 Å². The lowest BCUT2D eigenvalue weighted by Gasteiger charge is -2.10. The molecule has 17 heavy (non-hydrogen) atoms. The standard InChI is InChI=1S/C13H17NO3/c1-8-6-10(8)13(15)14-9-4-5-11(16-2)12(7-9)17-3/h4-5,7-8,10H,6H2,1-3H3,(H,14,15)/t8-,10-/m1/s1. The van der Waals surface area contributed by atoms with Crippen molar-refractivity contribution in [2.75, 3.05) is 19.5 Å². The van der Waals surface area contributed by atoms with Gasteiger partial charge in [0.25, 0.3) is 0 Å². The second kappa shape index (κ2) is 4.65. The molecular formula is C13H17NO3. The van der Waals surface area contributed by atoms with Crippen LogP contribution in [0.4, 0.5) is 5.69 Å². The molecule has 1 saturated carbocycles. The highest BCUT2D eigenvalue weighted by Crippen LogP contribution is 2.39. The predicted octanol–water partition coefficient (Wildman–Crippen LogP) is 2.30. The maximum atomic E-state index is 11.8. The maximum absolute atomic E-state index is 11.8. The first kappa shape index (κ1) is 11.8. The molecule has 0 spiro atoms. The zero-order valence-corrected chi connectivity index (χ0v) is 10.3. The Labute approximate surface area is 101 Å². The summed E-state index contributed by atoms with van der Waals surface area (Å²) < 4.78 is 10.3. The third kappa shape index (κ3) is 2.52. The Kier molecular flexibility index (Phi) is 3.22. The number of carbonyl (C=O) groups excluding carboxylic acids is 1. The molecule has 0 bridgehead atoms. The van der Waals surface area contributed by atoms with Crippen molar-refractivity contribution in [3.8, 4) is 11.5 Å². The van der Waals surface area contributed by atoms with E-state index in [2.05, 4.69) is 12.2 Å². The van der Waals surface area contributed by atoms with Crippen molar-refractivity contribution in [3.63, 3.8) is 0 Å². The Morgan fingerprint density at radius 2 is 1.94 bits per heavy atom. The van der Waals surface area contributed by atoms with E-state index in [1.807, 2.05) is 6.07 Å². The van der Waals surface area contributed by atoms with Gasteiger partial charge >= 0.3 is 0 Å². The van der Waals surface area contributed by atoms with Gasteiger partial charge < -0.3 is 14.8 Å². The Morgan fingerprint density at radius 1 is 1.29 bits per heavy atom. The number of ether oxygens (including phenoxy) is 2. The SMILES string of the molecule is COc1ccc(NC(=O)[C@@H]2C[C@H]2C)cc1OC. The first-order valence-corrected chi connectivity index (χ1v) is 5.68. The van der Waals surface area contributed by atoms with Crippen LogP contribution in [0.25, 0.3) is 0 Å². The molecule has 0 aliphatic heterocycles. The van der Waals surface area contributed by atoms with Crippen molar-refractivity contribution < 1.29 is 14.3 Å². The van der Waals surface area contributed by atoms with Gasteiger partial charge in [-0.15, -0.1) is 0 Å². The molecule has 1 aliphatic carbocycles. The Morgan fingerprint density at radius 3 is 2.47 bits per heavy atom. The average Bonchev–Trinajstić information content (AvgIpc) is 3.06. The topological polar surface area (TPSA) is 47.6 Å². The van der Waals surface area contributed by atoms with Gasteiger partial charge in [-0.25, -0.2) is 0 Å². The highest BCUT2D eigenvalue weighted by molar-refractivity contribution is 5.94. The quantitative estimate of drug-likeness (QED) is 0.871. The molecule has 1 N–H and O–H groups in total. The van der Waals surface area contributed by atoms with Crippen LogP contribution in [0.1, 0.15) is 13.3 Å². The van der Waals surface area contributed by atoms with Gasteiger partial charge in [-0.2, -0.15) is 0 Å². The molecule has 4 nitrogen and oxygen atoms in total. The number of amides is 1. The molecule has 92 valence electrons. The molecule has 1 aromatic carbocycles. The first-order valence-electron chi connectivity index (χ1n) is 5.68. The lowest BCUT2D eigenvalue weighted by atomic mass is 10.2. The molecule has 0 radical (unpaired) electrons. The Bertz CT molecular complexity index is 431. The highest BCUT2D eigenvalue weighted by atomic mass is 16.5. The summed E-state index contributed by atoms with van der Waals surface area (Å²) in [6.45, 7) is 2.08. The van der Waals surface area contributed by atoms with Crippen LogP contribution in [-0.4, -0.2) is 20.1 Å². The van der Waals surface area contributed by atoms with E-state index in [-0.39, 0.29) is 11.8 Å².